The van der Waals surface area contributed by atoms with E-state index in [2.05, 4.69) is 16.0 Å². The molecule has 0 aliphatic carbocycles. The lowest BCUT2D eigenvalue weighted by Crippen LogP contribution is -2.18. The Bertz CT molecular complexity index is 1290. The number of hydrogen-bond donors (Lipinski definition) is 3. The van der Waals surface area contributed by atoms with Crippen molar-refractivity contribution in [3.63, 3.8) is 0 Å². The van der Waals surface area contributed by atoms with Crippen LogP contribution in [0.1, 0.15) is 39.9 Å². The van der Waals surface area contributed by atoms with Crippen molar-refractivity contribution in [2.24, 2.45) is 0 Å². The van der Waals surface area contributed by atoms with E-state index < -0.39 is 17.6 Å². The third-order valence-corrected chi connectivity index (χ3v) is 5.56. The van der Waals surface area contributed by atoms with Gasteiger partial charge in [0.25, 0.3) is 5.91 Å². The van der Waals surface area contributed by atoms with E-state index in [1.54, 1.807) is 18.2 Å². The molecule has 0 unspecified atom stereocenters. The van der Waals surface area contributed by atoms with Crippen molar-refractivity contribution in [1.29, 1.82) is 0 Å². The number of fused-ring (bicyclic) bond motifs is 1. The van der Waals surface area contributed by atoms with E-state index >= 15 is 0 Å². The first-order valence-electron chi connectivity index (χ1n) is 11.0. The maximum absolute atomic E-state index is 12.9. The minimum atomic E-state index is -4.53. The normalized spacial score (nSPS) is 12.6. The SMILES string of the molecule is O=C1Cc2cc(CCCC(=O)Nc3ccccc3C(=O)Nc3cccc(C(F)(F)F)c3)ccc2N1. The summed E-state index contributed by atoms with van der Waals surface area (Å²) in [7, 11) is 0. The van der Waals surface area contributed by atoms with Gasteiger partial charge in [0.2, 0.25) is 11.8 Å². The van der Waals surface area contributed by atoms with Gasteiger partial charge in [0, 0.05) is 17.8 Å². The Balaban J connectivity index is 1.35. The number of nitrogens with one attached hydrogen (secondary N) is 3. The number of anilines is 3. The van der Waals surface area contributed by atoms with Gasteiger partial charge in [-0.25, -0.2) is 0 Å². The summed E-state index contributed by atoms with van der Waals surface area (Å²) < 4.78 is 38.8. The maximum atomic E-state index is 12.9. The number of carbonyl (C=O) groups is 3. The zero-order chi connectivity index (χ0) is 25.0. The first kappa shape index (κ1) is 24.0. The van der Waals surface area contributed by atoms with Crippen molar-refractivity contribution >= 4 is 34.8 Å². The number of aryl methyl sites for hydroxylation is 1. The lowest BCUT2D eigenvalue weighted by atomic mass is 10.0. The third-order valence-electron chi connectivity index (χ3n) is 5.56. The molecule has 1 heterocycles. The highest BCUT2D eigenvalue weighted by Gasteiger charge is 2.30. The first-order valence-corrected chi connectivity index (χ1v) is 11.0. The van der Waals surface area contributed by atoms with Crippen molar-refractivity contribution in [2.75, 3.05) is 16.0 Å². The number of amides is 3. The largest absolute Gasteiger partial charge is 0.416 e. The molecule has 35 heavy (non-hydrogen) atoms. The summed E-state index contributed by atoms with van der Waals surface area (Å²) in [5, 5.41) is 7.94. The van der Waals surface area contributed by atoms with Gasteiger partial charge in [0.15, 0.2) is 0 Å². The second-order valence-corrected chi connectivity index (χ2v) is 8.20. The molecular weight excluding hydrogens is 459 g/mol. The molecule has 1 aliphatic heterocycles. The fourth-order valence-electron chi connectivity index (χ4n) is 3.87. The quantitative estimate of drug-likeness (QED) is 0.422. The van der Waals surface area contributed by atoms with Gasteiger partial charge in [0.05, 0.1) is 23.2 Å². The summed E-state index contributed by atoms with van der Waals surface area (Å²) in [4.78, 5) is 36.7. The standard InChI is InChI=1S/C26H22F3N3O3/c27-26(28,29)18-6-4-7-19(15-18)30-25(35)20-8-1-2-9-22(20)32-23(33)10-3-5-16-11-12-21-17(13-16)14-24(34)31-21/h1-2,4,6-9,11-13,15H,3,5,10,14H2,(H,30,35)(H,31,34)(H,32,33). The van der Waals surface area contributed by atoms with Crippen LogP contribution in [0.15, 0.2) is 66.7 Å². The van der Waals surface area contributed by atoms with Crippen LogP contribution < -0.4 is 16.0 Å². The summed E-state index contributed by atoms with van der Waals surface area (Å²) in [5.74, 6) is -0.962. The van der Waals surface area contributed by atoms with Crippen LogP contribution in [0.4, 0.5) is 30.2 Å². The molecule has 4 rings (SSSR count). The second-order valence-electron chi connectivity index (χ2n) is 8.20. The minimum Gasteiger partial charge on any atom is -0.326 e. The molecule has 0 radical (unpaired) electrons. The fraction of sp³-hybridized carbons (Fsp3) is 0.192. The summed E-state index contributed by atoms with van der Waals surface area (Å²) in [5.41, 5.74) is 2.31. The molecule has 3 aromatic rings. The molecule has 0 fully saturated rings. The Labute approximate surface area is 199 Å². The van der Waals surface area contributed by atoms with Crippen LogP contribution in [0.2, 0.25) is 0 Å². The van der Waals surface area contributed by atoms with E-state index in [1.165, 1.54) is 18.2 Å². The summed E-state index contributed by atoms with van der Waals surface area (Å²) in [6, 6.07) is 16.4. The van der Waals surface area contributed by atoms with Crippen LogP contribution >= 0.6 is 0 Å². The zero-order valence-corrected chi connectivity index (χ0v) is 18.5. The second kappa shape index (κ2) is 10.0. The molecule has 0 saturated heterocycles. The zero-order valence-electron chi connectivity index (χ0n) is 18.5. The molecular formula is C26H22F3N3O3. The van der Waals surface area contributed by atoms with Gasteiger partial charge in [-0.2, -0.15) is 13.2 Å². The molecule has 0 saturated carbocycles. The minimum absolute atomic E-state index is 0.00259. The van der Waals surface area contributed by atoms with Gasteiger partial charge in [-0.05, 0) is 60.4 Å². The van der Waals surface area contributed by atoms with E-state index in [1.807, 2.05) is 18.2 Å². The first-order chi connectivity index (χ1) is 16.7. The third kappa shape index (κ3) is 6.06. The van der Waals surface area contributed by atoms with Gasteiger partial charge in [0.1, 0.15) is 0 Å². The van der Waals surface area contributed by atoms with Gasteiger partial charge in [-0.3, -0.25) is 14.4 Å². The topological polar surface area (TPSA) is 87.3 Å². The molecule has 0 bridgehead atoms. The Kier molecular flexibility index (Phi) is 6.86. The monoisotopic (exact) mass is 481 g/mol. The number of hydrogen-bond acceptors (Lipinski definition) is 3. The predicted molar refractivity (Wildman–Crippen MR) is 126 cm³/mol. The van der Waals surface area contributed by atoms with E-state index in [0.717, 1.165) is 28.9 Å². The van der Waals surface area contributed by atoms with Crippen molar-refractivity contribution in [1.82, 2.24) is 0 Å². The van der Waals surface area contributed by atoms with E-state index in [4.69, 9.17) is 0 Å². The lowest BCUT2D eigenvalue weighted by Gasteiger charge is -2.13. The summed E-state index contributed by atoms with van der Waals surface area (Å²) in [6.07, 6.45) is -2.77. The Morgan fingerprint density at radius 2 is 1.74 bits per heavy atom. The molecule has 3 aromatic carbocycles. The average Bonchev–Trinajstić information content (AvgIpc) is 3.18. The molecule has 0 spiro atoms. The number of benzene rings is 3. The summed E-state index contributed by atoms with van der Waals surface area (Å²) >= 11 is 0. The van der Waals surface area contributed by atoms with Gasteiger partial charge >= 0.3 is 6.18 Å². The molecule has 9 heteroatoms. The average molecular weight is 481 g/mol. The molecule has 3 N–H and O–H groups in total. The fourth-order valence-corrected chi connectivity index (χ4v) is 3.87. The van der Waals surface area contributed by atoms with E-state index in [0.29, 0.717) is 19.3 Å². The number of para-hydroxylation sites is 1. The van der Waals surface area contributed by atoms with Crippen LogP contribution in [-0.4, -0.2) is 17.7 Å². The molecule has 6 nitrogen and oxygen atoms in total. The maximum Gasteiger partial charge on any atom is 0.416 e. The smallest absolute Gasteiger partial charge is 0.326 e. The number of halogens is 3. The van der Waals surface area contributed by atoms with Crippen LogP contribution in [0.3, 0.4) is 0 Å². The molecule has 1 aliphatic rings. The van der Waals surface area contributed by atoms with Crippen LogP contribution in [0, 0.1) is 0 Å². The number of rotatable bonds is 7. The van der Waals surface area contributed by atoms with E-state index in [-0.39, 0.29) is 35.2 Å². The van der Waals surface area contributed by atoms with Crippen molar-refractivity contribution in [3.8, 4) is 0 Å². The number of alkyl halides is 3. The van der Waals surface area contributed by atoms with Gasteiger partial charge in [-0.1, -0.05) is 30.3 Å². The Morgan fingerprint density at radius 3 is 2.54 bits per heavy atom. The highest BCUT2D eigenvalue weighted by Crippen LogP contribution is 2.31. The highest BCUT2D eigenvalue weighted by molar-refractivity contribution is 6.10. The Morgan fingerprint density at radius 1 is 0.943 bits per heavy atom. The highest BCUT2D eigenvalue weighted by atomic mass is 19.4. The molecule has 0 atom stereocenters. The molecule has 180 valence electrons. The van der Waals surface area contributed by atoms with Crippen molar-refractivity contribution < 1.29 is 27.6 Å². The van der Waals surface area contributed by atoms with Crippen molar-refractivity contribution in [3.05, 3.63) is 89.0 Å². The summed E-state index contributed by atoms with van der Waals surface area (Å²) in [6.45, 7) is 0. The van der Waals surface area contributed by atoms with Gasteiger partial charge < -0.3 is 16.0 Å². The van der Waals surface area contributed by atoms with Crippen LogP contribution in [0.25, 0.3) is 0 Å². The van der Waals surface area contributed by atoms with E-state index in [9.17, 15) is 27.6 Å². The number of carbonyl (C=O) groups excluding carboxylic acids is 3. The molecule has 3 amide bonds. The molecule has 0 aromatic heterocycles. The van der Waals surface area contributed by atoms with Crippen LogP contribution in [0.5, 0.6) is 0 Å². The lowest BCUT2D eigenvalue weighted by molar-refractivity contribution is -0.137. The Hall–Kier alpha value is -4.14. The van der Waals surface area contributed by atoms with Crippen molar-refractivity contribution in [2.45, 2.75) is 31.9 Å². The van der Waals surface area contributed by atoms with Gasteiger partial charge in [-0.15, -0.1) is 0 Å². The predicted octanol–water partition coefficient (Wildman–Crippen LogP) is 5.41. The van der Waals surface area contributed by atoms with Crippen LogP contribution in [-0.2, 0) is 28.6 Å².